The molecule has 0 radical (unpaired) electrons. The van der Waals surface area contributed by atoms with Gasteiger partial charge in [0.05, 0.1) is 5.75 Å². The van der Waals surface area contributed by atoms with Gasteiger partial charge < -0.3 is 9.88 Å². The van der Waals surface area contributed by atoms with E-state index in [1.807, 2.05) is 7.05 Å². The zero-order chi connectivity index (χ0) is 19.5. The number of aromatic nitrogens is 2. The fraction of sp³-hybridized carbons (Fsp3) is 0.273. The molecule has 1 unspecified atom stereocenters. The Hall–Kier alpha value is -2.60. The van der Waals surface area contributed by atoms with Gasteiger partial charge in [-0.05, 0) is 48.6 Å². The fourth-order valence-electron chi connectivity index (χ4n) is 3.64. The highest BCUT2D eigenvalue weighted by atomic mass is 32.2. The van der Waals surface area contributed by atoms with Crippen LogP contribution in [0.1, 0.15) is 35.0 Å². The summed E-state index contributed by atoms with van der Waals surface area (Å²) in [6.07, 6.45) is 6.90. The van der Waals surface area contributed by atoms with Crippen LogP contribution >= 0.6 is 11.8 Å². The first kappa shape index (κ1) is 18.7. The van der Waals surface area contributed by atoms with Crippen molar-refractivity contribution in [2.24, 2.45) is 7.05 Å². The molecule has 0 fully saturated rings. The molecule has 28 heavy (non-hydrogen) atoms. The van der Waals surface area contributed by atoms with Gasteiger partial charge in [0, 0.05) is 29.9 Å². The molecule has 3 aromatic rings. The fourth-order valence-corrected chi connectivity index (χ4v) is 4.41. The molecular formula is C22H22FN3OS. The van der Waals surface area contributed by atoms with E-state index in [2.05, 4.69) is 28.5 Å². The van der Waals surface area contributed by atoms with Gasteiger partial charge in [-0.25, -0.2) is 9.37 Å². The molecule has 6 heteroatoms. The minimum absolute atomic E-state index is 0.151. The number of amides is 1. The van der Waals surface area contributed by atoms with Crippen molar-refractivity contribution in [3.05, 3.63) is 83.2 Å². The number of aryl methyl sites for hydroxylation is 3. The zero-order valence-electron chi connectivity index (χ0n) is 15.7. The number of hydrogen-bond acceptors (Lipinski definition) is 3. The van der Waals surface area contributed by atoms with Gasteiger partial charge >= 0.3 is 0 Å². The lowest BCUT2D eigenvalue weighted by Crippen LogP contribution is -2.32. The maximum absolute atomic E-state index is 14.4. The van der Waals surface area contributed by atoms with E-state index in [1.54, 1.807) is 35.2 Å². The summed E-state index contributed by atoms with van der Waals surface area (Å²) in [6, 6.07) is 12.3. The van der Waals surface area contributed by atoms with Gasteiger partial charge in [0.2, 0.25) is 5.91 Å². The van der Waals surface area contributed by atoms with E-state index in [-0.39, 0.29) is 17.5 Å². The molecule has 1 N–H and O–H groups in total. The molecule has 1 amide bonds. The van der Waals surface area contributed by atoms with Gasteiger partial charge in [-0.1, -0.05) is 24.3 Å². The summed E-state index contributed by atoms with van der Waals surface area (Å²) in [6.45, 7) is 0. The molecule has 1 aliphatic rings. The Labute approximate surface area is 168 Å². The predicted octanol–water partition coefficient (Wildman–Crippen LogP) is 4.05. The molecule has 4 rings (SSSR count). The second-order valence-electron chi connectivity index (χ2n) is 6.99. The Morgan fingerprint density at radius 2 is 2.07 bits per heavy atom. The van der Waals surface area contributed by atoms with Crippen molar-refractivity contribution in [2.75, 3.05) is 5.75 Å². The van der Waals surface area contributed by atoms with E-state index in [9.17, 15) is 9.18 Å². The number of hydrogen-bond donors (Lipinski definition) is 1. The Kier molecular flexibility index (Phi) is 5.48. The molecule has 1 aromatic heterocycles. The average molecular weight is 396 g/mol. The van der Waals surface area contributed by atoms with Crippen LogP contribution in [0.4, 0.5) is 4.39 Å². The lowest BCUT2D eigenvalue weighted by Gasteiger charge is -2.19. The Morgan fingerprint density at radius 1 is 1.25 bits per heavy atom. The van der Waals surface area contributed by atoms with Crippen molar-refractivity contribution >= 4 is 17.7 Å². The van der Waals surface area contributed by atoms with Crippen LogP contribution in [0.2, 0.25) is 0 Å². The first-order valence-corrected chi connectivity index (χ1v) is 10.4. The van der Waals surface area contributed by atoms with Gasteiger partial charge in [-0.3, -0.25) is 4.79 Å². The molecule has 1 heterocycles. The van der Waals surface area contributed by atoms with E-state index in [0.717, 1.165) is 17.7 Å². The second kappa shape index (κ2) is 8.19. The summed E-state index contributed by atoms with van der Waals surface area (Å²) in [5.41, 5.74) is 3.22. The Balaban J connectivity index is 1.48. The summed E-state index contributed by atoms with van der Waals surface area (Å²) in [7, 11) is 1.83. The van der Waals surface area contributed by atoms with Crippen molar-refractivity contribution < 1.29 is 9.18 Å². The normalized spacial score (nSPS) is 13.9. The highest BCUT2D eigenvalue weighted by Crippen LogP contribution is 2.28. The van der Waals surface area contributed by atoms with E-state index in [4.69, 9.17) is 0 Å². The van der Waals surface area contributed by atoms with Crippen LogP contribution in [0.25, 0.3) is 0 Å². The highest BCUT2D eigenvalue weighted by molar-refractivity contribution is 8.00. The molecule has 4 nitrogen and oxygen atoms in total. The molecule has 1 atom stereocenters. The molecular weight excluding hydrogens is 373 g/mol. The van der Waals surface area contributed by atoms with Gasteiger partial charge in [0.25, 0.3) is 0 Å². The van der Waals surface area contributed by atoms with E-state index < -0.39 is 6.04 Å². The molecule has 0 spiro atoms. The second-order valence-corrected chi connectivity index (χ2v) is 8.04. The van der Waals surface area contributed by atoms with Crippen molar-refractivity contribution in [2.45, 2.75) is 30.2 Å². The maximum Gasteiger partial charge on any atom is 0.231 e. The van der Waals surface area contributed by atoms with E-state index in [1.165, 1.54) is 35.4 Å². The van der Waals surface area contributed by atoms with E-state index >= 15 is 0 Å². The number of benzene rings is 2. The van der Waals surface area contributed by atoms with Crippen LogP contribution in [0, 0.1) is 5.82 Å². The van der Waals surface area contributed by atoms with Gasteiger partial charge in [0.1, 0.15) is 17.7 Å². The summed E-state index contributed by atoms with van der Waals surface area (Å²) >= 11 is 1.50. The minimum Gasteiger partial charge on any atom is -0.341 e. The summed E-state index contributed by atoms with van der Waals surface area (Å²) in [5.74, 6) is 0.360. The number of imidazole rings is 1. The van der Waals surface area contributed by atoms with Crippen LogP contribution in [-0.4, -0.2) is 21.2 Å². The van der Waals surface area contributed by atoms with Crippen LogP contribution < -0.4 is 5.32 Å². The lowest BCUT2D eigenvalue weighted by molar-refractivity contribution is -0.119. The molecule has 2 aromatic carbocycles. The number of nitrogens with zero attached hydrogens (tertiary/aromatic N) is 2. The monoisotopic (exact) mass is 395 g/mol. The Morgan fingerprint density at radius 3 is 2.86 bits per heavy atom. The third-order valence-corrected chi connectivity index (χ3v) is 6.07. The summed E-state index contributed by atoms with van der Waals surface area (Å²) in [4.78, 5) is 18.1. The highest BCUT2D eigenvalue weighted by Gasteiger charge is 2.23. The smallest absolute Gasteiger partial charge is 0.231 e. The molecule has 1 aliphatic carbocycles. The van der Waals surface area contributed by atoms with Crippen molar-refractivity contribution in [3.8, 4) is 0 Å². The Bertz CT molecular complexity index is 1000. The van der Waals surface area contributed by atoms with Crippen LogP contribution in [-0.2, 0) is 24.7 Å². The molecule has 0 bridgehead atoms. The van der Waals surface area contributed by atoms with Gasteiger partial charge in [0.15, 0.2) is 0 Å². The lowest BCUT2D eigenvalue weighted by atomic mass is 10.1. The first-order valence-electron chi connectivity index (χ1n) is 9.37. The first-order chi connectivity index (χ1) is 13.6. The summed E-state index contributed by atoms with van der Waals surface area (Å²) < 4.78 is 16.2. The van der Waals surface area contributed by atoms with Crippen molar-refractivity contribution in [1.29, 1.82) is 0 Å². The topological polar surface area (TPSA) is 46.9 Å². The predicted molar refractivity (Wildman–Crippen MR) is 109 cm³/mol. The van der Waals surface area contributed by atoms with Crippen molar-refractivity contribution in [3.63, 3.8) is 0 Å². The number of thioether (sulfide) groups is 1. The SMILES string of the molecule is Cn1ccnc1C(NC(=O)CSc1ccc2c(c1)CCC2)c1ccccc1F. The molecule has 0 saturated heterocycles. The molecule has 0 aliphatic heterocycles. The van der Waals surface area contributed by atoms with Crippen LogP contribution in [0.3, 0.4) is 0 Å². The zero-order valence-corrected chi connectivity index (χ0v) is 16.5. The maximum atomic E-state index is 14.4. The number of carbonyl (C=O) groups excluding carboxylic acids is 1. The molecule has 144 valence electrons. The van der Waals surface area contributed by atoms with Gasteiger partial charge in [-0.2, -0.15) is 0 Å². The number of carbonyl (C=O) groups is 1. The third-order valence-electron chi connectivity index (χ3n) is 5.08. The van der Waals surface area contributed by atoms with E-state index in [0.29, 0.717) is 11.4 Å². The van der Waals surface area contributed by atoms with Crippen LogP contribution in [0.15, 0.2) is 59.8 Å². The quantitative estimate of drug-likeness (QED) is 0.641. The number of halogens is 1. The largest absolute Gasteiger partial charge is 0.341 e. The minimum atomic E-state index is -0.630. The standard InChI is InChI=1S/C22H22FN3OS/c1-26-12-11-24-22(26)21(18-7-2-3-8-19(18)23)25-20(27)14-28-17-10-9-15-5-4-6-16(15)13-17/h2-3,7-13,21H,4-6,14H2,1H3,(H,25,27). The van der Waals surface area contributed by atoms with Crippen LogP contribution in [0.5, 0.6) is 0 Å². The number of fused-ring (bicyclic) bond motifs is 1. The number of nitrogens with one attached hydrogen (secondary N) is 1. The van der Waals surface area contributed by atoms with Gasteiger partial charge in [-0.15, -0.1) is 11.8 Å². The number of rotatable bonds is 6. The third kappa shape index (κ3) is 3.97. The summed E-state index contributed by atoms with van der Waals surface area (Å²) in [5, 5.41) is 2.96. The van der Waals surface area contributed by atoms with Crippen molar-refractivity contribution in [1.82, 2.24) is 14.9 Å². The molecule has 0 saturated carbocycles. The average Bonchev–Trinajstić information content (AvgIpc) is 3.33.